The first-order valence-electron chi connectivity index (χ1n) is 15.7. The molecule has 0 saturated heterocycles. The van der Waals surface area contributed by atoms with Gasteiger partial charge in [-0.1, -0.05) is 36.3 Å². The zero-order valence-corrected chi connectivity index (χ0v) is 23.8. The molecule has 3 aromatic rings. The Bertz CT molecular complexity index is 1550. The van der Waals surface area contributed by atoms with Crippen LogP contribution in [0, 0.1) is 0 Å². The highest BCUT2D eigenvalue weighted by Gasteiger charge is 2.38. The van der Waals surface area contributed by atoms with Gasteiger partial charge in [0, 0.05) is 29.7 Å². The highest BCUT2D eigenvalue weighted by atomic mass is 15.4. The number of allylic oxidation sites excluding steroid dienone is 4. The minimum atomic E-state index is -0.00145. The predicted molar refractivity (Wildman–Crippen MR) is 164 cm³/mol. The number of nitrogens with two attached hydrogens (primary N) is 1. The summed E-state index contributed by atoms with van der Waals surface area (Å²) in [6.07, 6.45) is 21.1. The molecule has 41 heavy (non-hydrogen) atoms. The van der Waals surface area contributed by atoms with Gasteiger partial charge >= 0.3 is 0 Å². The van der Waals surface area contributed by atoms with Crippen molar-refractivity contribution >= 4 is 23.3 Å². The lowest BCUT2D eigenvalue weighted by molar-refractivity contribution is 0.291. The molecule has 212 valence electrons. The Labute approximate surface area is 241 Å². The molecule has 2 aromatic heterocycles. The third kappa shape index (κ3) is 4.62. The molecule has 1 unspecified atom stereocenters. The number of benzene rings is 1. The molecule has 1 fully saturated rings. The van der Waals surface area contributed by atoms with E-state index < -0.39 is 0 Å². The topological polar surface area (TPSA) is 106 Å². The van der Waals surface area contributed by atoms with E-state index in [0.717, 1.165) is 74.7 Å². The van der Waals surface area contributed by atoms with Crippen LogP contribution in [0.3, 0.4) is 0 Å². The van der Waals surface area contributed by atoms with Crippen LogP contribution >= 0.6 is 0 Å². The van der Waals surface area contributed by atoms with Gasteiger partial charge in [-0.2, -0.15) is 9.67 Å². The highest BCUT2D eigenvalue weighted by Crippen LogP contribution is 2.48. The van der Waals surface area contributed by atoms with Crippen molar-refractivity contribution in [3.05, 3.63) is 70.5 Å². The summed E-state index contributed by atoms with van der Waals surface area (Å²) in [6, 6.07) is 10.3. The summed E-state index contributed by atoms with van der Waals surface area (Å²) >= 11 is 0. The van der Waals surface area contributed by atoms with Gasteiger partial charge in [0.05, 0.1) is 11.4 Å². The summed E-state index contributed by atoms with van der Waals surface area (Å²) in [6.45, 7) is 0.986. The SMILES string of the molecule is Nc1nc(Nc2ccc3c(c2)CC[C@@H](NC2CCC2)CC3)nn1-c1cc(C23C=CC(=CC2)CC3)c2c(n1)CCCN2. The second-order valence-electron chi connectivity index (χ2n) is 12.7. The van der Waals surface area contributed by atoms with Crippen LogP contribution < -0.4 is 21.7 Å². The van der Waals surface area contributed by atoms with E-state index in [1.807, 2.05) is 0 Å². The molecule has 1 aromatic carbocycles. The first-order chi connectivity index (χ1) is 20.1. The van der Waals surface area contributed by atoms with Crippen LogP contribution in [0.1, 0.15) is 80.2 Å². The van der Waals surface area contributed by atoms with Crippen molar-refractivity contribution in [2.24, 2.45) is 0 Å². The molecule has 0 spiro atoms. The van der Waals surface area contributed by atoms with Gasteiger partial charge in [0.15, 0.2) is 5.82 Å². The second-order valence-corrected chi connectivity index (χ2v) is 12.7. The summed E-state index contributed by atoms with van der Waals surface area (Å²) < 4.78 is 1.70. The number of aryl methyl sites for hydroxylation is 3. The minimum Gasteiger partial charge on any atom is -0.383 e. The fourth-order valence-electron chi connectivity index (χ4n) is 7.45. The Morgan fingerprint density at radius 1 is 0.951 bits per heavy atom. The Kier molecular flexibility index (Phi) is 6.13. The predicted octanol–water partition coefficient (Wildman–Crippen LogP) is 5.65. The molecule has 3 heterocycles. The van der Waals surface area contributed by atoms with Crippen LogP contribution in [0.2, 0.25) is 0 Å². The Hall–Kier alpha value is -3.65. The normalized spacial score (nSPS) is 25.0. The summed E-state index contributed by atoms with van der Waals surface area (Å²) in [5, 5.41) is 15.8. The van der Waals surface area contributed by atoms with Gasteiger partial charge in [-0.3, -0.25) is 0 Å². The number of nitrogens with zero attached hydrogens (tertiary/aromatic N) is 4. The van der Waals surface area contributed by atoms with Crippen molar-refractivity contribution in [1.82, 2.24) is 25.1 Å². The first-order valence-corrected chi connectivity index (χ1v) is 15.7. The molecule has 1 aliphatic heterocycles. The quantitative estimate of drug-likeness (QED) is 0.295. The Morgan fingerprint density at radius 3 is 2.61 bits per heavy atom. The number of anilines is 4. The molecule has 2 atom stereocenters. The van der Waals surface area contributed by atoms with Crippen LogP contribution in [0.15, 0.2) is 48.1 Å². The average Bonchev–Trinajstić information content (AvgIpc) is 3.23. The number of rotatable bonds is 6. The first kappa shape index (κ1) is 25.1. The standard InChI is InChI=1S/C33H40N8/c34-31-39-32(37-26-11-7-22-6-9-25(10-8-23(22)19-26)36-24-3-1-4-24)40-41(31)29-20-27(30-28(38-29)5-2-18-35-30)33-15-12-21(13-16-33)14-17-33/h7,11-13,15,19-20,24-25,35-36H,1-6,8-10,14,16-18H2,(H3,34,37,39,40)/t25-,33?/m0/s1. The molecule has 8 nitrogen and oxygen atoms in total. The highest BCUT2D eigenvalue weighted by molar-refractivity contribution is 5.65. The lowest BCUT2D eigenvalue weighted by Crippen LogP contribution is -2.42. The van der Waals surface area contributed by atoms with Gasteiger partial charge in [-0.05, 0) is 106 Å². The summed E-state index contributed by atoms with van der Waals surface area (Å²) in [5.74, 6) is 1.59. The zero-order valence-electron chi connectivity index (χ0n) is 23.8. The maximum absolute atomic E-state index is 6.47. The number of aromatic nitrogens is 4. The molecular weight excluding hydrogens is 508 g/mol. The van der Waals surface area contributed by atoms with E-state index in [1.54, 1.807) is 4.68 Å². The molecule has 0 amide bonds. The lowest BCUT2D eigenvalue weighted by Gasteiger charge is -2.40. The molecule has 1 saturated carbocycles. The lowest BCUT2D eigenvalue weighted by atomic mass is 9.65. The van der Waals surface area contributed by atoms with Crippen LogP contribution in [0.25, 0.3) is 5.82 Å². The molecule has 5 aliphatic carbocycles. The molecular formula is C33H40N8. The van der Waals surface area contributed by atoms with Crippen molar-refractivity contribution in [3.8, 4) is 5.82 Å². The van der Waals surface area contributed by atoms with Crippen molar-refractivity contribution in [2.75, 3.05) is 22.9 Å². The largest absolute Gasteiger partial charge is 0.383 e. The van der Waals surface area contributed by atoms with Crippen molar-refractivity contribution in [1.29, 1.82) is 0 Å². The number of pyridine rings is 1. The van der Waals surface area contributed by atoms with Gasteiger partial charge in [0.2, 0.25) is 11.9 Å². The fourth-order valence-corrected chi connectivity index (χ4v) is 7.45. The van der Waals surface area contributed by atoms with Gasteiger partial charge in [0.25, 0.3) is 0 Å². The summed E-state index contributed by atoms with van der Waals surface area (Å²) in [4.78, 5) is 9.65. The van der Waals surface area contributed by atoms with Crippen LogP contribution in [-0.2, 0) is 24.7 Å². The number of nitrogen functional groups attached to an aromatic ring is 1. The molecule has 6 aliphatic rings. The van der Waals surface area contributed by atoms with Gasteiger partial charge < -0.3 is 21.7 Å². The second kappa shape index (κ2) is 10.0. The Morgan fingerprint density at radius 2 is 1.83 bits per heavy atom. The molecule has 5 N–H and O–H groups in total. The zero-order chi connectivity index (χ0) is 27.4. The van der Waals surface area contributed by atoms with Crippen LogP contribution in [0.5, 0.6) is 0 Å². The average molecular weight is 549 g/mol. The molecule has 9 rings (SSSR count). The van der Waals surface area contributed by atoms with E-state index in [0.29, 0.717) is 17.9 Å². The van der Waals surface area contributed by atoms with E-state index in [-0.39, 0.29) is 5.41 Å². The molecule has 0 radical (unpaired) electrons. The third-order valence-electron chi connectivity index (χ3n) is 10.1. The van der Waals surface area contributed by atoms with Crippen molar-refractivity contribution < 1.29 is 0 Å². The third-order valence-corrected chi connectivity index (χ3v) is 10.1. The monoisotopic (exact) mass is 548 g/mol. The number of nitrogens with one attached hydrogen (secondary N) is 3. The number of hydrogen-bond acceptors (Lipinski definition) is 7. The molecule has 2 bridgehead atoms. The van der Waals surface area contributed by atoms with Crippen LogP contribution in [-0.4, -0.2) is 38.4 Å². The van der Waals surface area contributed by atoms with E-state index in [1.165, 1.54) is 60.1 Å². The fraction of sp³-hybridized carbons (Fsp3) is 0.485. The number of fused-ring (bicyclic) bond motifs is 4. The van der Waals surface area contributed by atoms with Crippen molar-refractivity contribution in [3.63, 3.8) is 0 Å². The summed E-state index contributed by atoms with van der Waals surface area (Å²) in [5.41, 5.74) is 15.4. The van der Waals surface area contributed by atoms with Gasteiger partial charge in [-0.15, -0.1) is 5.10 Å². The molecule has 8 heteroatoms. The summed E-state index contributed by atoms with van der Waals surface area (Å²) in [7, 11) is 0. The van der Waals surface area contributed by atoms with Crippen LogP contribution in [0.4, 0.5) is 23.3 Å². The van der Waals surface area contributed by atoms with E-state index >= 15 is 0 Å². The maximum atomic E-state index is 6.47. The van der Waals surface area contributed by atoms with Gasteiger partial charge in [0.1, 0.15) is 0 Å². The van der Waals surface area contributed by atoms with E-state index in [9.17, 15) is 0 Å². The number of hydrogen-bond donors (Lipinski definition) is 4. The van der Waals surface area contributed by atoms with Gasteiger partial charge in [-0.25, -0.2) is 4.98 Å². The van der Waals surface area contributed by atoms with E-state index in [4.69, 9.17) is 15.8 Å². The van der Waals surface area contributed by atoms with Crippen molar-refractivity contribution in [2.45, 2.75) is 94.5 Å². The van der Waals surface area contributed by atoms with E-state index in [2.05, 4.69) is 63.4 Å². The minimum absolute atomic E-state index is 0.00145. The Balaban J connectivity index is 1.05. The maximum Gasteiger partial charge on any atom is 0.248 e. The smallest absolute Gasteiger partial charge is 0.248 e.